The molecule has 1 aliphatic rings. The Hall–Kier alpha value is -1.85. The minimum absolute atomic E-state index is 0.0412. The molecule has 0 aliphatic carbocycles. The van der Waals surface area contributed by atoms with Crippen molar-refractivity contribution in [1.29, 1.82) is 0 Å². The third-order valence-corrected chi connectivity index (χ3v) is 3.89. The minimum Gasteiger partial charge on any atom is -0.368 e. The Balaban J connectivity index is 2.15. The molecule has 0 aromatic carbocycles. The van der Waals surface area contributed by atoms with E-state index in [9.17, 15) is 9.59 Å². The molecule has 0 spiro atoms. The zero-order chi connectivity index (χ0) is 14.2. The average Bonchev–Trinajstić information content (AvgIpc) is 2.90. The third-order valence-electron chi connectivity index (χ3n) is 3.89. The highest BCUT2D eigenvalue weighted by atomic mass is 16.2. The van der Waals surface area contributed by atoms with Crippen LogP contribution >= 0.6 is 0 Å². The highest BCUT2D eigenvalue weighted by molar-refractivity contribution is 5.88. The van der Waals surface area contributed by atoms with Gasteiger partial charge in [0.05, 0.1) is 12.1 Å². The smallest absolute Gasteiger partial charge is 0.240 e. The molecule has 0 saturated carbocycles. The van der Waals surface area contributed by atoms with E-state index in [1.807, 2.05) is 20.9 Å². The van der Waals surface area contributed by atoms with Crippen molar-refractivity contribution in [2.24, 2.45) is 12.8 Å². The van der Waals surface area contributed by atoms with Gasteiger partial charge in [0, 0.05) is 24.8 Å². The van der Waals surface area contributed by atoms with Gasteiger partial charge in [-0.3, -0.25) is 14.3 Å². The van der Waals surface area contributed by atoms with Crippen LogP contribution in [0.15, 0.2) is 0 Å². The Labute approximate surface area is 112 Å². The molecule has 1 atom stereocenters. The summed E-state index contributed by atoms with van der Waals surface area (Å²) in [5, 5.41) is 4.30. The number of carbonyl (C=O) groups is 2. The van der Waals surface area contributed by atoms with Gasteiger partial charge in [0.25, 0.3) is 0 Å². The first-order chi connectivity index (χ1) is 8.91. The summed E-state index contributed by atoms with van der Waals surface area (Å²) in [5.74, 6) is -0.453. The number of hydrogen-bond donors (Lipinski definition) is 1. The van der Waals surface area contributed by atoms with E-state index < -0.39 is 11.9 Å². The number of aromatic nitrogens is 2. The topological polar surface area (TPSA) is 81.2 Å². The van der Waals surface area contributed by atoms with Gasteiger partial charge < -0.3 is 10.6 Å². The number of rotatable bonds is 3. The maximum atomic E-state index is 12.3. The maximum absolute atomic E-state index is 12.3. The van der Waals surface area contributed by atoms with Crippen LogP contribution in [0, 0.1) is 13.8 Å². The van der Waals surface area contributed by atoms with Crippen molar-refractivity contribution in [3.05, 3.63) is 17.0 Å². The number of aryl methyl sites for hydroxylation is 2. The first kappa shape index (κ1) is 13.6. The molecule has 104 valence electrons. The van der Waals surface area contributed by atoms with Gasteiger partial charge >= 0.3 is 0 Å². The zero-order valence-electron chi connectivity index (χ0n) is 11.6. The number of likely N-dealkylation sites (tertiary alicyclic amines) is 1. The average molecular weight is 264 g/mol. The monoisotopic (exact) mass is 264 g/mol. The van der Waals surface area contributed by atoms with E-state index in [4.69, 9.17) is 5.73 Å². The fourth-order valence-electron chi connectivity index (χ4n) is 2.69. The van der Waals surface area contributed by atoms with Crippen LogP contribution in [-0.4, -0.2) is 39.1 Å². The highest BCUT2D eigenvalue weighted by Crippen LogP contribution is 2.20. The van der Waals surface area contributed by atoms with E-state index >= 15 is 0 Å². The van der Waals surface area contributed by atoms with Gasteiger partial charge in [-0.15, -0.1) is 0 Å². The van der Waals surface area contributed by atoms with E-state index in [0.29, 0.717) is 13.0 Å². The lowest BCUT2D eigenvalue weighted by Gasteiger charge is -2.22. The fourth-order valence-corrected chi connectivity index (χ4v) is 2.69. The second kappa shape index (κ2) is 5.03. The van der Waals surface area contributed by atoms with Gasteiger partial charge in [0.2, 0.25) is 11.8 Å². The summed E-state index contributed by atoms with van der Waals surface area (Å²) in [6, 6.07) is -0.440. The molecule has 2 amide bonds. The SMILES string of the molecule is Cc1nn(C)c(C)c1CC(=O)N1CCCC1C(N)=O. The molecule has 0 radical (unpaired) electrons. The predicted octanol–water partition coefficient (Wildman–Crippen LogP) is 0.0557. The molecule has 19 heavy (non-hydrogen) atoms. The highest BCUT2D eigenvalue weighted by Gasteiger charge is 2.33. The summed E-state index contributed by atoms with van der Waals surface area (Å²) in [5.41, 5.74) is 8.13. The van der Waals surface area contributed by atoms with Crippen LogP contribution in [0.4, 0.5) is 0 Å². The fraction of sp³-hybridized carbons (Fsp3) is 0.615. The molecule has 1 unspecified atom stereocenters. The first-order valence-corrected chi connectivity index (χ1v) is 6.49. The van der Waals surface area contributed by atoms with Gasteiger partial charge in [-0.1, -0.05) is 0 Å². The van der Waals surface area contributed by atoms with Crippen LogP contribution in [0.3, 0.4) is 0 Å². The number of nitrogens with two attached hydrogens (primary N) is 1. The number of carbonyl (C=O) groups excluding carboxylic acids is 2. The Morgan fingerprint density at radius 3 is 2.63 bits per heavy atom. The molecule has 1 aliphatic heterocycles. The third kappa shape index (κ3) is 2.47. The standard InChI is InChI=1S/C13H20N4O2/c1-8-10(9(2)16(3)15-8)7-12(18)17-6-4-5-11(17)13(14)19/h11H,4-7H2,1-3H3,(H2,14,19). The van der Waals surface area contributed by atoms with Crippen molar-refractivity contribution in [3.8, 4) is 0 Å². The summed E-state index contributed by atoms with van der Waals surface area (Å²) < 4.78 is 1.77. The first-order valence-electron chi connectivity index (χ1n) is 6.49. The van der Waals surface area contributed by atoms with Crippen molar-refractivity contribution in [2.75, 3.05) is 6.54 Å². The Kier molecular flexibility index (Phi) is 3.59. The van der Waals surface area contributed by atoms with Gasteiger partial charge in [-0.25, -0.2) is 0 Å². The molecule has 1 fully saturated rings. The molecular weight excluding hydrogens is 244 g/mol. The Morgan fingerprint density at radius 2 is 2.11 bits per heavy atom. The predicted molar refractivity (Wildman–Crippen MR) is 70.3 cm³/mol. The number of hydrogen-bond acceptors (Lipinski definition) is 3. The number of amides is 2. The van der Waals surface area contributed by atoms with Crippen molar-refractivity contribution >= 4 is 11.8 Å². The van der Waals surface area contributed by atoms with Crippen LogP contribution in [0.25, 0.3) is 0 Å². The lowest BCUT2D eigenvalue weighted by Crippen LogP contribution is -2.44. The largest absolute Gasteiger partial charge is 0.368 e. The quantitative estimate of drug-likeness (QED) is 0.838. The molecule has 6 heteroatoms. The number of primary amides is 1. The van der Waals surface area contributed by atoms with Gasteiger partial charge in [-0.2, -0.15) is 5.10 Å². The summed E-state index contributed by atoms with van der Waals surface area (Å²) in [4.78, 5) is 25.2. The van der Waals surface area contributed by atoms with E-state index in [2.05, 4.69) is 5.10 Å². The lowest BCUT2D eigenvalue weighted by atomic mass is 10.1. The molecule has 6 nitrogen and oxygen atoms in total. The van der Waals surface area contributed by atoms with Crippen LogP contribution in [0.1, 0.15) is 29.8 Å². The number of nitrogens with zero attached hydrogens (tertiary/aromatic N) is 3. The van der Waals surface area contributed by atoms with Crippen LogP contribution in [-0.2, 0) is 23.1 Å². The van der Waals surface area contributed by atoms with Crippen LogP contribution < -0.4 is 5.73 Å². The normalized spacial score (nSPS) is 18.9. The molecule has 1 aromatic rings. The summed E-state index contributed by atoms with van der Waals surface area (Å²) in [6.45, 7) is 4.45. The van der Waals surface area contributed by atoms with E-state index in [-0.39, 0.29) is 12.3 Å². The summed E-state index contributed by atoms with van der Waals surface area (Å²) in [7, 11) is 1.86. The molecule has 1 saturated heterocycles. The van der Waals surface area contributed by atoms with Crippen molar-refractivity contribution in [3.63, 3.8) is 0 Å². The van der Waals surface area contributed by atoms with Gasteiger partial charge in [0.15, 0.2) is 0 Å². The van der Waals surface area contributed by atoms with Crippen molar-refractivity contribution in [2.45, 2.75) is 39.2 Å². The molecular formula is C13H20N4O2. The zero-order valence-corrected chi connectivity index (χ0v) is 11.6. The minimum atomic E-state index is -0.440. The molecule has 1 aromatic heterocycles. The molecule has 2 heterocycles. The molecule has 0 bridgehead atoms. The van der Waals surface area contributed by atoms with Gasteiger partial charge in [-0.05, 0) is 26.7 Å². The van der Waals surface area contributed by atoms with E-state index in [1.54, 1.807) is 9.58 Å². The van der Waals surface area contributed by atoms with Gasteiger partial charge in [0.1, 0.15) is 6.04 Å². The maximum Gasteiger partial charge on any atom is 0.240 e. The molecule has 2 N–H and O–H groups in total. The van der Waals surface area contributed by atoms with E-state index in [0.717, 1.165) is 23.4 Å². The lowest BCUT2D eigenvalue weighted by molar-refractivity contribution is -0.136. The summed E-state index contributed by atoms with van der Waals surface area (Å²) in [6.07, 6.45) is 1.80. The van der Waals surface area contributed by atoms with Crippen LogP contribution in [0.5, 0.6) is 0 Å². The molecule has 2 rings (SSSR count). The second-order valence-corrected chi connectivity index (χ2v) is 5.10. The Morgan fingerprint density at radius 1 is 1.42 bits per heavy atom. The van der Waals surface area contributed by atoms with Crippen molar-refractivity contribution in [1.82, 2.24) is 14.7 Å². The van der Waals surface area contributed by atoms with Crippen LogP contribution in [0.2, 0.25) is 0 Å². The van der Waals surface area contributed by atoms with Crippen molar-refractivity contribution < 1.29 is 9.59 Å². The van der Waals surface area contributed by atoms with E-state index in [1.165, 1.54) is 0 Å². The Bertz CT molecular complexity index is 521. The second-order valence-electron chi connectivity index (χ2n) is 5.10. The summed E-state index contributed by atoms with van der Waals surface area (Å²) >= 11 is 0.